The molecule has 1 N–H and O–H groups in total. The van der Waals surface area contributed by atoms with Gasteiger partial charge < -0.3 is 24.2 Å². The third-order valence-electron chi connectivity index (χ3n) is 7.51. The van der Waals surface area contributed by atoms with Crippen LogP contribution in [0.3, 0.4) is 0 Å². The molecule has 1 aliphatic heterocycles. The summed E-state index contributed by atoms with van der Waals surface area (Å²) in [5, 5.41) is 10.3. The number of aliphatic carboxylic acids is 1. The topological polar surface area (TPSA) is 94.0 Å². The van der Waals surface area contributed by atoms with Gasteiger partial charge in [-0.25, -0.2) is 4.79 Å². The Kier molecular flexibility index (Phi) is 9.22. The van der Waals surface area contributed by atoms with E-state index in [1.54, 1.807) is 19.5 Å². The van der Waals surface area contributed by atoms with Crippen molar-refractivity contribution < 1.29 is 24.1 Å². The zero-order chi connectivity index (χ0) is 29.8. The first-order valence-electron chi connectivity index (χ1n) is 14.2. The normalized spacial score (nSPS) is 15.8. The van der Waals surface area contributed by atoms with Crippen LogP contribution < -0.4 is 14.4 Å². The van der Waals surface area contributed by atoms with E-state index in [0.717, 1.165) is 54.9 Å². The van der Waals surface area contributed by atoms with Crippen LogP contribution in [0, 0.1) is 12.3 Å². The fourth-order valence-corrected chi connectivity index (χ4v) is 5.08. The maximum Gasteiger partial charge on any atom is 0.337 e. The van der Waals surface area contributed by atoms with E-state index in [4.69, 9.17) is 19.2 Å². The lowest BCUT2D eigenvalue weighted by Gasteiger charge is -2.40. The molecule has 3 heterocycles. The maximum absolute atomic E-state index is 12.6. The second-order valence-electron chi connectivity index (χ2n) is 12.4. The summed E-state index contributed by atoms with van der Waals surface area (Å²) in [7, 11) is 1.66. The minimum absolute atomic E-state index is 0.232. The number of pyridine rings is 2. The predicted octanol–water partition coefficient (Wildman–Crippen LogP) is 6.65. The molecule has 1 saturated heterocycles. The van der Waals surface area contributed by atoms with E-state index in [-0.39, 0.29) is 5.41 Å². The number of hydrogen-bond donors (Lipinski definition) is 1. The van der Waals surface area contributed by atoms with Gasteiger partial charge in [-0.2, -0.15) is 0 Å². The Morgan fingerprint density at radius 1 is 1.02 bits per heavy atom. The van der Waals surface area contributed by atoms with Gasteiger partial charge in [0.1, 0.15) is 11.5 Å². The molecule has 220 valence electrons. The number of carbonyl (C=O) groups is 1. The Labute approximate surface area is 243 Å². The van der Waals surface area contributed by atoms with Gasteiger partial charge in [0.05, 0.1) is 36.9 Å². The quantitative estimate of drug-likeness (QED) is 0.294. The van der Waals surface area contributed by atoms with Crippen LogP contribution in [0.1, 0.15) is 70.4 Å². The third kappa shape index (κ3) is 7.76. The Balaban J connectivity index is 1.64. The zero-order valence-electron chi connectivity index (χ0n) is 25.4. The Hall–Kier alpha value is -3.65. The minimum Gasteiger partial charge on any atom is -0.497 e. The van der Waals surface area contributed by atoms with Gasteiger partial charge in [-0.1, -0.05) is 26.0 Å². The highest BCUT2D eigenvalue weighted by molar-refractivity contribution is 5.85. The molecule has 1 fully saturated rings. The molecule has 2 aromatic heterocycles. The molecule has 0 aliphatic carbocycles. The first kappa shape index (κ1) is 30.3. The molecular formula is C33H43N3O5. The number of benzene rings is 1. The number of piperidine rings is 1. The molecule has 0 amide bonds. The smallest absolute Gasteiger partial charge is 0.337 e. The summed E-state index contributed by atoms with van der Waals surface area (Å²) in [5.74, 6) is 0.466. The molecule has 0 bridgehead atoms. The minimum atomic E-state index is -1.16. The van der Waals surface area contributed by atoms with E-state index in [1.807, 2.05) is 64.1 Å². The molecule has 41 heavy (non-hydrogen) atoms. The van der Waals surface area contributed by atoms with Gasteiger partial charge in [-0.3, -0.25) is 9.97 Å². The standard InChI is InChI=1S/C33H43N3O5/c1-22-28(30(31(37)38)41-32(2,3)4)29(36-17-15-33(5,6)16-18-36)26(21-34-22)27-13-12-25(20-35-27)40-19-14-23-8-10-24(39-7)11-9-23/h8-13,20-21,30H,14-19H2,1-7H3,(H,37,38)/t30-/m0/s1. The Morgan fingerprint density at radius 3 is 2.24 bits per heavy atom. The van der Waals surface area contributed by atoms with Gasteiger partial charge in [0.15, 0.2) is 6.10 Å². The molecule has 0 radical (unpaired) electrons. The number of nitrogens with zero attached hydrogens (tertiary/aromatic N) is 3. The lowest BCUT2D eigenvalue weighted by Crippen LogP contribution is -2.39. The second kappa shape index (κ2) is 12.5. The van der Waals surface area contributed by atoms with E-state index in [2.05, 4.69) is 23.7 Å². The number of aromatic nitrogens is 2. The molecule has 1 atom stereocenters. The number of carboxylic acid groups (broad SMARTS) is 1. The molecule has 8 nitrogen and oxygen atoms in total. The van der Waals surface area contributed by atoms with Crippen molar-refractivity contribution in [2.24, 2.45) is 5.41 Å². The molecule has 8 heteroatoms. The van der Waals surface area contributed by atoms with E-state index in [0.29, 0.717) is 29.3 Å². The number of anilines is 1. The SMILES string of the molecule is COc1ccc(CCOc2ccc(-c3cnc(C)c([C@H](OC(C)(C)C)C(=O)O)c3N3CCC(C)(C)CC3)nc2)cc1. The third-order valence-corrected chi connectivity index (χ3v) is 7.51. The van der Waals surface area contributed by atoms with Crippen LogP contribution in [-0.2, 0) is 16.0 Å². The van der Waals surface area contributed by atoms with E-state index < -0.39 is 17.7 Å². The van der Waals surface area contributed by atoms with Crippen molar-refractivity contribution in [3.8, 4) is 22.8 Å². The summed E-state index contributed by atoms with van der Waals surface area (Å²) in [4.78, 5) is 24.2. The van der Waals surface area contributed by atoms with Gasteiger partial charge in [-0.05, 0) is 75.8 Å². The number of carboxylic acids is 1. The van der Waals surface area contributed by atoms with Crippen LogP contribution in [0.5, 0.6) is 11.5 Å². The Morgan fingerprint density at radius 2 is 1.68 bits per heavy atom. The van der Waals surface area contributed by atoms with Crippen LogP contribution in [-0.4, -0.2) is 53.5 Å². The van der Waals surface area contributed by atoms with E-state index in [1.165, 1.54) is 0 Å². The highest BCUT2D eigenvalue weighted by atomic mass is 16.5. The lowest BCUT2D eigenvalue weighted by molar-refractivity contribution is -0.160. The zero-order valence-corrected chi connectivity index (χ0v) is 25.4. The van der Waals surface area contributed by atoms with Gasteiger partial charge in [0, 0.05) is 42.5 Å². The van der Waals surface area contributed by atoms with Crippen molar-refractivity contribution in [1.82, 2.24) is 9.97 Å². The number of aryl methyl sites for hydroxylation is 1. The average Bonchev–Trinajstić information content (AvgIpc) is 2.92. The van der Waals surface area contributed by atoms with Crippen molar-refractivity contribution in [1.29, 1.82) is 0 Å². The van der Waals surface area contributed by atoms with Crippen LogP contribution in [0.25, 0.3) is 11.3 Å². The summed E-state index contributed by atoms with van der Waals surface area (Å²) < 4.78 is 17.3. The van der Waals surface area contributed by atoms with Gasteiger partial charge in [-0.15, -0.1) is 0 Å². The molecule has 3 aromatic rings. The average molecular weight is 562 g/mol. The summed E-state index contributed by atoms with van der Waals surface area (Å²) in [5.41, 5.74) is 4.31. The van der Waals surface area contributed by atoms with E-state index >= 15 is 0 Å². The summed E-state index contributed by atoms with van der Waals surface area (Å²) >= 11 is 0. The molecule has 1 aromatic carbocycles. The summed E-state index contributed by atoms with van der Waals surface area (Å²) in [6, 6.07) is 11.8. The maximum atomic E-state index is 12.6. The molecular weight excluding hydrogens is 518 g/mol. The van der Waals surface area contributed by atoms with Crippen molar-refractivity contribution in [2.75, 3.05) is 31.7 Å². The highest BCUT2D eigenvalue weighted by Crippen LogP contribution is 2.43. The molecule has 1 aliphatic rings. The first-order valence-corrected chi connectivity index (χ1v) is 14.2. The van der Waals surface area contributed by atoms with Gasteiger partial charge >= 0.3 is 5.97 Å². The first-order chi connectivity index (χ1) is 19.4. The summed E-state index contributed by atoms with van der Waals surface area (Å²) in [6.45, 7) is 14.2. The second-order valence-corrected chi connectivity index (χ2v) is 12.4. The van der Waals surface area contributed by atoms with Crippen LogP contribution >= 0.6 is 0 Å². The van der Waals surface area contributed by atoms with E-state index in [9.17, 15) is 9.90 Å². The van der Waals surface area contributed by atoms with Crippen molar-refractivity contribution in [2.45, 2.75) is 72.5 Å². The Bertz CT molecular complexity index is 1320. The van der Waals surface area contributed by atoms with Crippen LogP contribution in [0.4, 0.5) is 5.69 Å². The van der Waals surface area contributed by atoms with Gasteiger partial charge in [0.25, 0.3) is 0 Å². The number of hydrogen-bond acceptors (Lipinski definition) is 7. The fourth-order valence-electron chi connectivity index (χ4n) is 5.08. The highest BCUT2D eigenvalue weighted by Gasteiger charge is 2.36. The van der Waals surface area contributed by atoms with Gasteiger partial charge in [0.2, 0.25) is 0 Å². The molecule has 4 rings (SSSR count). The molecule has 0 saturated carbocycles. The van der Waals surface area contributed by atoms with Crippen LogP contribution in [0.2, 0.25) is 0 Å². The molecule has 0 spiro atoms. The van der Waals surface area contributed by atoms with Crippen LogP contribution in [0.15, 0.2) is 48.8 Å². The number of methoxy groups -OCH3 is 1. The lowest BCUT2D eigenvalue weighted by atomic mass is 9.82. The summed E-state index contributed by atoms with van der Waals surface area (Å²) in [6.07, 6.45) is 5.12. The van der Waals surface area contributed by atoms with Crippen molar-refractivity contribution >= 4 is 11.7 Å². The number of rotatable bonds is 10. The largest absolute Gasteiger partial charge is 0.497 e. The number of ether oxygens (including phenoxy) is 3. The fraction of sp³-hybridized carbons (Fsp3) is 0.485. The predicted molar refractivity (Wildman–Crippen MR) is 161 cm³/mol. The van der Waals surface area contributed by atoms with Crippen molar-refractivity contribution in [3.05, 3.63) is 65.6 Å². The van der Waals surface area contributed by atoms with Crippen molar-refractivity contribution in [3.63, 3.8) is 0 Å². The monoisotopic (exact) mass is 561 g/mol. The molecule has 0 unspecified atom stereocenters.